The van der Waals surface area contributed by atoms with Gasteiger partial charge in [-0.25, -0.2) is 0 Å². The third-order valence-electron chi connectivity index (χ3n) is 2.67. The molecule has 0 amide bonds. The van der Waals surface area contributed by atoms with Crippen LogP contribution in [0.15, 0.2) is 0 Å². The fourth-order valence-electron chi connectivity index (χ4n) is 1.61. The largest absolute Gasteiger partial charge is 0.291 e. The maximum absolute atomic E-state index is 10.7. The number of unbranched alkanes of at least 4 members (excludes halogenated alkanes) is 3. The molecule has 1 radical (unpaired) electrons. The van der Waals surface area contributed by atoms with Crippen molar-refractivity contribution in [3.8, 4) is 0 Å². The third kappa shape index (κ3) is 8.28. The maximum atomic E-state index is 10.7. The summed E-state index contributed by atoms with van der Waals surface area (Å²) in [6.45, 7) is 6.62. The van der Waals surface area contributed by atoms with E-state index in [1.807, 2.05) is 0 Å². The van der Waals surface area contributed by atoms with Crippen molar-refractivity contribution in [1.82, 2.24) is 0 Å². The Kier molecular flexibility index (Phi) is 9.02. The third-order valence-corrected chi connectivity index (χ3v) is 2.67. The smallest absolute Gasteiger partial charge is 0.201 e. The summed E-state index contributed by atoms with van der Waals surface area (Å²) in [5.41, 5.74) is 0. The zero-order valence-corrected chi connectivity index (χ0v) is 10.0. The number of carbonyl (C=O) groups excluding carboxylic acids is 1. The van der Waals surface area contributed by atoms with E-state index in [1.54, 1.807) is 0 Å². The van der Waals surface area contributed by atoms with Crippen LogP contribution in [0, 0.1) is 11.8 Å². The Hall–Kier alpha value is -0.330. The molecule has 0 fully saturated rings. The van der Waals surface area contributed by atoms with E-state index in [0.717, 1.165) is 19.3 Å². The molecular formula is C13H25O. The molecule has 0 aliphatic rings. The molecule has 0 N–H and O–H groups in total. The summed E-state index contributed by atoms with van der Waals surface area (Å²) in [5, 5.41) is 0. The molecule has 1 heteroatoms. The molecule has 0 heterocycles. The van der Waals surface area contributed by atoms with Gasteiger partial charge in [-0.1, -0.05) is 52.9 Å². The minimum atomic E-state index is 0.203. The van der Waals surface area contributed by atoms with E-state index in [1.165, 1.54) is 25.7 Å². The fourth-order valence-corrected chi connectivity index (χ4v) is 1.61. The van der Waals surface area contributed by atoms with Gasteiger partial charge in [-0.05, 0) is 18.8 Å². The molecule has 0 aliphatic carbocycles. The van der Waals surface area contributed by atoms with E-state index < -0.39 is 0 Å². The van der Waals surface area contributed by atoms with Gasteiger partial charge >= 0.3 is 0 Å². The summed E-state index contributed by atoms with van der Waals surface area (Å²) in [7, 11) is 0. The minimum Gasteiger partial charge on any atom is -0.291 e. The molecule has 0 saturated carbocycles. The predicted octanol–water partition coefficient (Wildman–Crippen LogP) is 4.12. The van der Waals surface area contributed by atoms with Crippen LogP contribution < -0.4 is 0 Å². The Morgan fingerprint density at radius 1 is 1.00 bits per heavy atom. The molecular weight excluding hydrogens is 172 g/mol. The van der Waals surface area contributed by atoms with Crippen LogP contribution in [0.3, 0.4) is 0 Å². The molecule has 0 aliphatic heterocycles. The van der Waals surface area contributed by atoms with Crippen molar-refractivity contribution in [2.24, 2.45) is 11.8 Å². The SMILES string of the molecule is CCCCCCC([C]=O)CCC(C)C. The van der Waals surface area contributed by atoms with Crippen LogP contribution in [-0.2, 0) is 4.79 Å². The van der Waals surface area contributed by atoms with Gasteiger partial charge in [0, 0.05) is 5.92 Å². The van der Waals surface area contributed by atoms with Gasteiger partial charge in [0.05, 0.1) is 0 Å². The molecule has 0 rings (SSSR count). The van der Waals surface area contributed by atoms with Crippen molar-refractivity contribution in [2.45, 2.75) is 65.7 Å². The molecule has 0 aromatic carbocycles. The second-order valence-electron chi connectivity index (χ2n) is 4.64. The summed E-state index contributed by atoms with van der Waals surface area (Å²) in [4.78, 5) is 10.7. The van der Waals surface area contributed by atoms with Gasteiger partial charge < -0.3 is 0 Å². The van der Waals surface area contributed by atoms with Crippen LogP contribution >= 0.6 is 0 Å². The van der Waals surface area contributed by atoms with E-state index in [4.69, 9.17) is 0 Å². The molecule has 0 bridgehead atoms. The van der Waals surface area contributed by atoms with Crippen molar-refractivity contribution in [1.29, 1.82) is 0 Å². The highest BCUT2D eigenvalue weighted by molar-refractivity contribution is 5.54. The lowest BCUT2D eigenvalue weighted by molar-refractivity contribution is 0.434. The lowest BCUT2D eigenvalue weighted by atomic mass is 9.94. The molecule has 1 unspecified atom stereocenters. The molecule has 1 atom stereocenters. The number of hydrogen-bond donors (Lipinski definition) is 0. The first-order valence-corrected chi connectivity index (χ1v) is 6.08. The van der Waals surface area contributed by atoms with E-state index in [2.05, 4.69) is 27.1 Å². The predicted molar refractivity (Wildman–Crippen MR) is 62.0 cm³/mol. The molecule has 0 aromatic rings. The molecule has 0 saturated heterocycles. The Balaban J connectivity index is 3.43. The number of rotatable bonds is 9. The maximum Gasteiger partial charge on any atom is 0.201 e. The Morgan fingerprint density at radius 2 is 1.71 bits per heavy atom. The quantitative estimate of drug-likeness (QED) is 0.508. The minimum absolute atomic E-state index is 0.203. The van der Waals surface area contributed by atoms with E-state index in [9.17, 15) is 4.79 Å². The highest BCUT2D eigenvalue weighted by Crippen LogP contribution is 2.17. The first-order valence-electron chi connectivity index (χ1n) is 6.08. The average molecular weight is 197 g/mol. The molecule has 0 spiro atoms. The van der Waals surface area contributed by atoms with Crippen LogP contribution in [-0.4, -0.2) is 6.29 Å². The molecule has 83 valence electrons. The monoisotopic (exact) mass is 197 g/mol. The summed E-state index contributed by atoms with van der Waals surface area (Å²) in [6.07, 6.45) is 10.5. The summed E-state index contributed by atoms with van der Waals surface area (Å²) >= 11 is 0. The van der Waals surface area contributed by atoms with E-state index >= 15 is 0 Å². The summed E-state index contributed by atoms with van der Waals surface area (Å²) in [6, 6.07) is 0. The summed E-state index contributed by atoms with van der Waals surface area (Å²) in [5.74, 6) is 0.913. The van der Waals surface area contributed by atoms with Gasteiger partial charge in [0.25, 0.3) is 0 Å². The first kappa shape index (κ1) is 13.7. The van der Waals surface area contributed by atoms with Gasteiger partial charge in [0.1, 0.15) is 0 Å². The molecule has 0 aromatic heterocycles. The van der Waals surface area contributed by atoms with Crippen molar-refractivity contribution in [2.75, 3.05) is 0 Å². The Labute approximate surface area is 89.3 Å². The Bertz CT molecular complexity index is 129. The first-order chi connectivity index (χ1) is 6.70. The standard InChI is InChI=1S/C13H25O/c1-4-5-6-7-8-13(11-14)10-9-12(2)3/h12-13H,4-10H2,1-3H3. The average Bonchev–Trinajstić information content (AvgIpc) is 2.16. The highest BCUT2D eigenvalue weighted by atomic mass is 16.1. The lowest BCUT2D eigenvalue weighted by Crippen LogP contribution is -2.03. The topological polar surface area (TPSA) is 17.1 Å². The van der Waals surface area contributed by atoms with Crippen LogP contribution in [0.5, 0.6) is 0 Å². The highest BCUT2D eigenvalue weighted by Gasteiger charge is 2.08. The second-order valence-corrected chi connectivity index (χ2v) is 4.64. The van der Waals surface area contributed by atoms with Crippen LogP contribution in [0.1, 0.15) is 65.7 Å². The Morgan fingerprint density at radius 3 is 2.21 bits per heavy atom. The lowest BCUT2D eigenvalue weighted by Gasteiger charge is -2.10. The van der Waals surface area contributed by atoms with Gasteiger partial charge in [-0.15, -0.1) is 0 Å². The van der Waals surface area contributed by atoms with Crippen molar-refractivity contribution < 1.29 is 4.79 Å². The second kappa shape index (κ2) is 9.23. The van der Waals surface area contributed by atoms with Crippen LogP contribution in [0.4, 0.5) is 0 Å². The van der Waals surface area contributed by atoms with Crippen molar-refractivity contribution >= 4 is 6.29 Å². The zero-order chi connectivity index (χ0) is 10.8. The summed E-state index contributed by atoms with van der Waals surface area (Å²) < 4.78 is 0. The molecule has 14 heavy (non-hydrogen) atoms. The van der Waals surface area contributed by atoms with Crippen molar-refractivity contribution in [3.05, 3.63) is 0 Å². The van der Waals surface area contributed by atoms with Crippen LogP contribution in [0.25, 0.3) is 0 Å². The van der Waals surface area contributed by atoms with Gasteiger partial charge in [0.15, 0.2) is 0 Å². The fraction of sp³-hybridized carbons (Fsp3) is 0.923. The van der Waals surface area contributed by atoms with E-state index in [0.29, 0.717) is 5.92 Å². The van der Waals surface area contributed by atoms with Crippen molar-refractivity contribution in [3.63, 3.8) is 0 Å². The number of hydrogen-bond acceptors (Lipinski definition) is 1. The van der Waals surface area contributed by atoms with Gasteiger partial charge in [-0.3, -0.25) is 4.79 Å². The van der Waals surface area contributed by atoms with Gasteiger partial charge in [0.2, 0.25) is 6.29 Å². The van der Waals surface area contributed by atoms with Gasteiger partial charge in [-0.2, -0.15) is 0 Å². The molecule has 1 nitrogen and oxygen atoms in total. The van der Waals surface area contributed by atoms with E-state index in [-0.39, 0.29) is 5.92 Å². The zero-order valence-electron chi connectivity index (χ0n) is 10.0. The normalized spacial score (nSPS) is 13.1. The van der Waals surface area contributed by atoms with Crippen LogP contribution in [0.2, 0.25) is 0 Å².